The zero-order valence-corrected chi connectivity index (χ0v) is 33.5. The molecule has 0 bridgehead atoms. The van der Waals surface area contributed by atoms with Crippen LogP contribution in [0.3, 0.4) is 0 Å². The largest absolute Gasteiger partial charge is 0.481 e. The lowest BCUT2D eigenvalue weighted by atomic mass is 9.54. The van der Waals surface area contributed by atoms with Gasteiger partial charge in [0.25, 0.3) is 0 Å². The molecule has 0 saturated heterocycles. The van der Waals surface area contributed by atoms with Gasteiger partial charge in [0.05, 0.1) is 12.8 Å². The Morgan fingerprint density at radius 2 is 0.982 bits per heavy atom. The summed E-state index contributed by atoms with van der Waals surface area (Å²) in [6.07, 6.45) is 17.6. The summed E-state index contributed by atoms with van der Waals surface area (Å²) in [5, 5.41) is 59.8. The molecule has 0 aromatic heterocycles. The highest BCUT2D eigenvalue weighted by atomic mass is 16.6. The molecule has 0 aliphatic heterocycles. The second-order valence-corrected chi connectivity index (χ2v) is 18.6. The molecule has 314 valence electrons. The van der Waals surface area contributed by atoms with Gasteiger partial charge in [0.2, 0.25) is 26.2 Å². The van der Waals surface area contributed by atoms with E-state index in [9.17, 15) is 50.0 Å². The van der Waals surface area contributed by atoms with Gasteiger partial charge in [0, 0.05) is 41.4 Å². The Kier molecular flexibility index (Phi) is 16.4. The molecular weight excluding hydrogens is 716 g/mol. The van der Waals surface area contributed by atoms with Crippen LogP contribution in [-0.2, 0) is 9.59 Å². The van der Waals surface area contributed by atoms with Gasteiger partial charge in [-0.05, 0) is 113 Å². The number of carboxylic acid groups (broad SMARTS) is 2. The Labute approximate surface area is 324 Å². The average molecular weight is 783 g/mol. The van der Waals surface area contributed by atoms with Gasteiger partial charge in [-0.15, -0.1) is 0 Å². The summed E-state index contributed by atoms with van der Waals surface area (Å²) in [6.45, 7) is 8.27. The fraction of sp³-hybridized carbons (Fsp3) is 0.949. The van der Waals surface area contributed by atoms with E-state index in [4.69, 9.17) is 10.2 Å². The van der Waals surface area contributed by atoms with Crippen molar-refractivity contribution in [2.75, 3.05) is 26.2 Å². The lowest BCUT2D eigenvalue weighted by molar-refractivity contribution is -0.507. The minimum atomic E-state index is -0.932. The molecule has 0 spiro atoms. The lowest BCUT2D eigenvalue weighted by Crippen LogP contribution is -2.49. The van der Waals surface area contributed by atoms with E-state index in [2.05, 4.69) is 13.8 Å². The predicted molar refractivity (Wildman–Crippen MR) is 204 cm³/mol. The minimum absolute atomic E-state index is 0.0407. The van der Waals surface area contributed by atoms with Gasteiger partial charge in [0.1, 0.15) is 0 Å². The van der Waals surface area contributed by atoms with Crippen molar-refractivity contribution in [3.05, 3.63) is 40.5 Å². The van der Waals surface area contributed by atoms with Crippen molar-refractivity contribution in [3.63, 3.8) is 0 Å². The van der Waals surface area contributed by atoms with Crippen LogP contribution < -0.4 is 0 Å². The first-order valence-corrected chi connectivity index (χ1v) is 20.6. The molecular formula is C39H66N4O12. The predicted octanol–water partition coefficient (Wildman–Crippen LogP) is 8.44. The highest BCUT2D eigenvalue weighted by molar-refractivity contribution is 5.68. The molecule has 6 rings (SSSR count). The second kappa shape index (κ2) is 19.6. The van der Waals surface area contributed by atoms with E-state index in [0.717, 1.165) is 63.7 Å². The summed E-state index contributed by atoms with van der Waals surface area (Å²) in [7, 11) is 0. The van der Waals surface area contributed by atoms with Crippen molar-refractivity contribution < 1.29 is 39.5 Å². The van der Waals surface area contributed by atoms with Crippen LogP contribution in [0.4, 0.5) is 0 Å². The number of aliphatic carboxylic acids is 2. The molecule has 7 unspecified atom stereocenters. The van der Waals surface area contributed by atoms with Gasteiger partial charge in [-0.25, -0.2) is 0 Å². The average Bonchev–Trinajstić information content (AvgIpc) is 3.66. The van der Waals surface area contributed by atoms with E-state index >= 15 is 0 Å². The van der Waals surface area contributed by atoms with Crippen LogP contribution >= 0.6 is 0 Å². The quantitative estimate of drug-likeness (QED) is 0.124. The number of rotatable bonds is 14. The molecule has 0 aromatic carbocycles. The molecule has 7 atom stereocenters. The van der Waals surface area contributed by atoms with Crippen LogP contribution in [-0.4, -0.2) is 68.0 Å². The molecule has 6 aliphatic carbocycles. The third-order valence-electron chi connectivity index (χ3n) is 14.8. The summed E-state index contributed by atoms with van der Waals surface area (Å²) >= 11 is 0. The normalized spacial score (nSPS) is 34.9. The zero-order valence-electron chi connectivity index (χ0n) is 33.5. The fourth-order valence-corrected chi connectivity index (χ4v) is 11.8. The van der Waals surface area contributed by atoms with E-state index in [1.54, 1.807) is 0 Å². The molecule has 6 aliphatic rings. The van der Waals surface area contributed by atoms with Crippen LogP contribution in [0.5, 0.6) is 0 Å². The first kappa shape index (κ1) is 45.9. The smallest absolute Gasteiger partial charge is 0.304 e. The monoisotopic (exact) mass is 782 g/mol. The van der Waals surface area contributed by atoms with Gasteiger partial charge in [0.15, 0.2) is 0 Å². The van der Waals surface area contributed by atoms with Crippen molar-refractivity contribution >= 4 is 11.9 Å². The molecule has 0 heterocycles. The second-order valence-electron chi connectivity index (χ2n) is 18.6. The molecule has 0 aromatic rings. The highest BCUT2D eigenvalue weighted by Crippen LogP contribution is 2.61. The van der Waals surface area contributed by atoms with E-state index < -0.39 is 22.8 Å². The summed E-state index contributed by atoms with van der Waals surface area (Å²) in [5.41, 5.74) is -1.04. The first-order chi connectivity index (χ1) is 25.7. The third kappa shape index (κ3) is 12.8. The number of carbonyl (C=O) groups is 2. The Morgan fingerprint density at radius 1 is 0.545 bits per heavy atom. The van der Waals surface area contributed by atoms with Crippen molar-refractivity contribution in [2.24, 2.45) is 57.2 Å². The SMILES string of the molecule is CC1CC(CC(=O)O)(C[N+](=O)[O-])CC1C.CCC1(C[N+](=O)[O-])CC2CCCC21.CCC1(C[N+](=O)[O-])CCCCC1.O=C(O)CC1(C[N+](=O)[O-])CC2CCC2C1. The molecule has 0 amide bonds. The Morgan fingerprint density at radius 3 is 1.35 bits per heavy atom. The van der Waals surface area contributed by atoms with Gasteiger partial charge < -0.3 is 10.2 Å². The number of hydrogen-bond acceptors (Lipinski definition) is 10. The molecule has 6 saturated carbocycles. The van der Waals surface area contributed by atoms with Crippen molar-refractivity contribution in [1.82, 2.24) is 0 Å². The van der Waals surface area contributed by atoms with E-state index in [1.807, 2.05) is 13.8 Å². The van der Waals surface area contributed by atoms with Gasteiger partial charge in [-0.2, -0.15) is 0 Å². The summed E-state index contributed by atoms with van der Waals surface area (Å²) in [4.78, 5) is 62.6. The Balaban J connectivity index is 0.000000198. The van der Waals surface area contributed by atoms with Crippen LogP contribution in [0.1, 0.15) is 150 Å². The van der Waals surface area contributed by atoms with Crippen LogP contribution in [0.2, 0.25) is 0 Å². The third-order valence-corrected chi connectivity index (χ3v) is 14.8. The van der Waals surface area contributed by atoms with Crippen LogP contribution in [0.15, 0.2) is 0 Å². The molecule has 6 fully saturated rings. The maximum Gasteiger partial charge on any atom is 0.304 e. The van der Waals surface area contributed by atoms with Crippen molar-refractivity contribution in [3.8, 4) is 0 Å². The number of nitro groups is 4. The molecule has 2 N–H and O–H groups in total. The standard InChI is InChI=1S/C10H15NO4.C10H17NO4.C10H17NO2.C9H17NO2/c12-9(13)5-10(6-11(14)15)3-7-1-2-8(7)4-10;1-7-3-10(4-8(7)2,5-9(12)13)6-11(14)15;1-2-10(7-11(12)13)6-8-4-3-5-9(8)10;1-2-9(8-10(11)12)6-4-3-5-7-9/h7-8H,1-6H2,(H,12,13);7-8H,3-6H2,1-2H3,(H,12,13);8-9H,2-7H2,1H3;2-8H2,1H3. The topological polar surface area (TPSA) is 247 Å². The Hall–Kier alpha value is -3.46. The van der Waals surface area contributed by atoms with Crippen molar-refractivity contribution in [2.45, 2.75) is 150 Å². The van der Waals surface area contributed by atoms with Gasteiger partial charge in [-0.3, -0.25) is 50.0 Å². The van der Waals surface area contributed by atoms with Crippen LogP contribution in [0, 0.1) is 97.6 Å². The number of nitrogens with zero attached hydrogens (tertiary/aromatic N) is 4. The maximum atomic E-state index is 10.8. The minimum Gasteiger partial charge on any atom is -0.481 e. The zero-order chi connectivity index (χ0) is 41.2. The molecule has 16 heteroatoms. The highest BCUT2D eigenvalue weighted by Gasteiger charge is 2.57. The summed E-state index contributed by atoms with van der Waals surface area (Å²) < 4.78 is 0. The van der Waals surface area contributed by atoms with E-state index in [-0.39, 0.29) is 69.5 Å². The van der Waals surface area contributed by atoms with E-state index in [0.29, 0.717) is 42.4 Å². The van der Waals surface area contributed by atoms with Crippen molar-refractivity contribution in [1.29, 1.82) is 0 Å². The first-order valence-electron chi connectivity index (χ1n) is 20.6. The van der Waals surface area contributed by atoms with Crippen LogP contribution in [0.25, 0.3) is 0 Å². The number of fused-ring (bicyclic) bond motifs is 2. The molecule has 55 heavy (non-hydrogen) atoms. The number of carboxylic acids is 2. The Bertz CT molecular complexity index is 1260. The van der Waals surface area contributed by atoms with E-state index in [1.165, 1.54) is 38.5 Å². The van der Waals surface area contributed by atoms with Gasteiger partial charge in [-0.1, -0.05) is 59.8 Å². The molecule has 16 nitrogen and oxygen atoms in total. The number of hydrogen-bond donors (Lipinski definition) is 2. The lowest BCUT2D eigenvalue weighted by Gasteiger charge is -2.49. The maximum absolute atomic E-state index is 10.8. The molecule has 0 radical (unpaired) electrons. The summed E-state index contributed by atoms with van der Waals surface area (Å²) in [6, 6.07) is 0. The summed E-state index contributed by atoms with van der Waals surface area (Å²) in [5.74, 6) is 1.56. The fourth-order valence-electron chi connectivity index (χ4n) is 11.8. The van der Waals surface area contributed by atoms with Gasteiger partial charge >= 0.3 is 11.9 Å².